The molecule has 0 aliphatic heterocycles. The van der Waals surface area contributed by atoms with Gasteiger partial charge in [-0.25, -0.2) is 8.78 Å². The fraction of sp³-hybridized carbons (Fsp3) is 0.250. The molecule has 0 atom stereocenters. The summed E-state index contributed by atoms with van der Waals surface area (Å²) in [6.45, 7) is 1.68. The van der Waals surface area contributed by atoms with E-state index in [1.54, 1.807) is 24.3 Å². The van der Waals surface area contributed by atoms with Gasteiger partial charge >= 0.3 is 5.97 Å². The van der Waals surface area contributed by atoms with E-state index in [1.165, 1.54) is 0 Å². The zero-order valence-electron chi connectivity index (χ0n) is 15.2. The maximum absolute atomic E-state index is 13.4. The lowest BCUT2D eigenvalue weighted by molar-refractivity contribution is -0.147. The van der Waals surface area contributed by atoms with Gasteiger partial charge in [-0.3, -0.25) is 14.4 Å². The highest BCUT2D eigenvalue weighted by molar-refractivity contribution is 5.98. The molecule has 0 aromatic heterocycles. The van der Waals surface area contributed by atoms with Crippen molar-refractivity contribution in [3.63, 3.8) is 0 Å². The van der Waals surface area contributed by atoms with E-state index in [4.69, 9.17) is 9.47 Å². The number of halogens is 2. The first kappa shape index (κ1) is 21.0. The number of rotatable bonds is 9. The van der Waals surface area contributed by atoms with E-state index in [1.807, 2.05) is 6.92 Å². The summed E-state index contributed by atoms with van der Waals surface area (Å²) in [7, 11) is 0. The molecule has 0 unspecified atom stereocenters. The van der Waals surface area contributed by atoms with Crippen LogP contribution in [0.1, 0.15) is 30.1 Å². The van der Waals surface area contributed by atoms with Crippen molar-refractivity contribution in [3.8, 4) is 5.75 Å². The number of anilines is 1. The lowest BCUT2D eigenvalue weighted by Gasteiger charge is -2.08. The van der Waals surface area contributed by atoms with Crippen LogP contribution in [0.15, 0.2) is 42.5 Å². The van der Waals surface area contributed by atoms with Gasteiger partial charge in [-0.2, -0.15) is 0 Å². The Hall–Kier alpha value is -3.29. The SMILES string of the molecule is CCOc1ccc(C(=O)CCC(=O)OCC(=O)Nc2cc(F)ccc2F)cc1. The van der Waals surface area contributed by atoms with Crippen molar-refractivity contribution in [2.24, 2.45) is 0 Å². The van der Waals surface area contributed by atoms with Crippen molar-refractivity contribution in [1.29, 1.82) is 0 Å². The molecule has 8 heteroatoms. The molecule has 0 bridgehead atoms. The Kier molecular flexibility index (Phi) is 7.62. The predicted molar refractivity (Wildman–Crippen MR) is 97.1 cm³/mol. The lowest BCUT2D eigenvalue weighted by Crippen LogP contribution is -2.21. The molecule has 1 amide bonds. The second-order valence-corrected chi connectivity index (χ2v) is 5.71. The van der Waals surface area contributed by atoms with Crippen LogP contribution >= 0.6 is 0 Å². The summed E-state index contributed by atoms with van der Waals surface area (Å²) in [6.07, 6.45) is -0.305. The molecule has 148 valence electrons. The second-order valence-electron chi connectivity index (χ2n) is 5.71. The summed E-state index contributed by atoms with van der Waals surface area (Å²) in [4.78, 5) is 35.4. The molecule has 2 rings (SSSR count). The first-order valence-electron chi connectivity index (χ1n) is 8.55. The summed E-state index contributed by atoms with van der Waals surface area (Å²) in [6, 6.07) is 9.09. The van der Waals surface area contributed by atoms with Crippen molar-refractivity contribution < 1.29 is 32.6 Å². The average molecular weight is 391 g/mol. The van der Waals surface area contributed by atoms with Gasteiger partial charge in [0.2, 0.25) is 0 Å². The minimum absolute atomic E-state index is 0.0903. The molecule has 0 heterocycles. The molecule has 28 heavy (non-hydrogen) atoms. The molecule has 0 aliphatic rings. The third-order valence-electron chi connectivity index (χ3n) is 3.61. The summed E-state index contributed by atoms with van der Waals surface area (Å²) in [5, 5.41) is 2.10. The fourth-order valence-electron chi connectivity index (χ4n) is 2.26. The molecule has 0 saturated heterocycles. The van der Waals surface area contributed by atoms with Crippen LogP contribution < -0.4 is 10.1 Å². The highest BCUT2D eigenvalue weighted by Gasteiger charge is 2.13. The minimum atomic E-state index is -0.823. The monoisotopic (exact) mass is 391 g/mol. The van der Waals surface area contributed by atoms with Crippen LogP contribution in [-0.2, 0) is 14.3 Å². The Morgan fingerprint density at radius 2 is 1.71 bits per heavy atom. The summed E-state index contributed by atoms with van der Waals surface area (Å²) >= 11 is 0. The van der Waals surface area contributed by atoms with Crippen LogP contribution in [-0.4, -0.2) is 30.9 Å². The molecule has 0 aliphatic carbocycles. The van der Waals surface area contributed by atoms with E-state index in [0.717, 1.165) is 18.2 Å². The third-order valence-corrected chi connectivity index (χ3v) is 3.61. The molecule has 6 nitrogen and oxygen atoms in total. The number of carbonyl (C=O) groups is 3. The van der Waals surface area contributed by atoms with Crippen LogP contribution in [0, 0.1) is 11.6 Å². The smallest absolute Gasteiger partial charge is 0.306 e. The highest BCUT2D eigenvalue weighted by Crippen LogP contribution is 2.16. The second kappa shape index (κ2) is 10.1. The van der Waals surface area contributed by atoms with E-state index >= 15 is 0 Å². The van der Waals surface area contributed by atoms with Crippen LogP contribution in [0.3, 0.4) is 0 Å². The summed E-state index contributed by atoms with van der Waals surface area (Å²) in [5.41, 5.74) is 0.0716. The topological polar surface area (TPSA) is 81.7 Å². The van der Waals surface area contributed by atoms with Crippen LogP contribution in [0.2, 0.25) is 0 Å². The predicted octanol–water partition coefficient (Wildman–Crippen LogP) is 3.51. The van der Waals surface area contributed by atoms with Gasteiger partial charge in [-0.15, -0.1) is 0 Å². The number of hydrogen-bond donors (Lipinski definition) is 1. The molecule has 2 aromatic rings. The third kappa shape index (κ3) is 6.46. The van der Waals surface area contributed by atoms with Gasteiger partial charge in [0.25, 0.3) is 5.91 Å². The fourth-order valence-corrected chi connectivity index (χ4v) is 2.26. The number of ketones is 1. The van der Waals surface area contributed by atoms with Crippen LogP contribution in [0.25, 0.3) is 0 Å². The van der Waals surface area contributed by atoms with E-state index in [-0.39, 0.29) is 24.3 Å². The van der Waals surface area contributed by atoms with Crippen molar-refractivity contribution in [2.75, 3.05) is 18.5 Å². The number of nitrogens with one attached hydrogen (secondary N) is 1. The number of hydrogen-bond acceptors (Lipinski definition) is 5. The summed E-state index contributed by atoms with van der Waals surface area (Å²) < 4.78 is 36.5. The van der Waals surface area contributed by atoms with Gasteiger partial charge < -0.3 is 14.8 Å². The maximum Gasteiger partial charge on any atom is 0.306 e. The minimum Gasteiger partial charge on any atom is -0.494 e. The Morgan fingerprint density at radius 3 is 2.39 bits per heavy atom. The quantitative estimate of drug-likeness (QED) is 0.523. The standard InChI is InChI=1S/C20H19F2NO5/c1-2-27-15-6-3-13(4-7-15)18(24)9-10-20(26)28-12-19(25)23-17-11-14(21)5-8-16(17)22/h3-8,11H,2,9-10,12H2,1H3,(H,23,25). The first-order chi connectivity index (χ1) is 13.4. The van der Waals surface area contributed by atoms with Crippen molar-refractivity contribution in [3.05, 3.63) is 59.7 Å². The largest absolute Gasteiger partial charge is 0.494 e. The van der Waals surface area contributed by atoms with Gasteiger partial charge in [0.15, 0.2) is 12.4 Å². The number of benzene rings is 2. The highest BCUT2D eigenvalue weighted by atomic mass is 19.1. The van der Waals surface area contributed by atoms with Crippen LogP contribution in [0.5, 0.6) is 5.75 Å². The van der Waals surface area contributed by atoms with Gasteiger partial charge in [0, 0.05) is 18.1 Å². The number of amides is 1. The van der Waals surface area contributed by atoms with Crippen LogP contribution in [0.4, 0.5) is 14.5 Å². The molecule has 2 aromatic carbocycles. The Balaban J connectivity index is 1.75. The van der Waals surface area contributed by atoms with Crippen molar-refractivity contribution >= 4 is 23.3 Å². The molecule has 1 N–H and O–H groups in total. The van der Waals surface area contributed by atoms with Gasteiger partial charge in [-0.1, -0.05) is 0 Å². The van der Waals surface area contributed by atoms with Gasteiger partial charge in [-0.05, 0) is 43.3 Å². The number of Topliss-reactive ketones (excluding diaryl/α,β-unsaturated/α-hetero) is 1. The molecule has 0 saturated carbocycles. The molecule has 0 spiro atoms. The zero-order valence-corrected chi connectivity index (χ0v) is 15.2. The van der Waals surface area contributed by atoms with Crippen molar-refractivity contribution in [1.82, 2.24) is 0 Å². The van der Waals surface area contributed by atoms with Crippen molar-refractivity contribution in [2.45, 2.75) is 19.8 Å². The van der Waals surface area contributed by atoms with E-state index in [9.17, 15) is 23.2 Å². The number of esters is 1. The average Bonchev–Trinajstić information content (AvgIpc) is 2.68. The van der Waals surface area contributed by atoms with E-state index in [2.05, 4.69) is 5.32 Å². The zero-order chi connectivity index (χ0) is 20.5. The Labute approximate surface area is 160 Å². The Morgan fingerprint density at radius 1 is 1.00 bits per heavy atom. The molecule has 0 fully saturated rings. The molecule has 0 radical (unpaired) electrons. The van der Waals surface area contributed by atoms with E-state index in [0.29, 0.717) is 17.9 Å². The number of carbonyl (C=O) groups excluding carboxylic acids is 3. The summed E-state index contributed by atoms with van der Waals surface area (Å²) in [5.74, 6) is -2.74. The van der Waals surface area contributed by atoms with Gasteiger partial charge in [0.05, 0.1) is 18.7 Å². The molecular formula is C20H19F2NO5. The maximum atomic E-state index is 13.4. The van der Waals surface area contributed by atoms with Gasteiger partial charge in [0.1, 0.15) is 17.4 Å². The molecular weight excluding hydrogens is 372 g/mol. The Bertz CT molecular complexity index is 852. The first-order valence-corrected chi connectivity index (χ1v) is 8.55. The normalized spacial score (nSPS) is 10.2. The number of ether oxygens (including phenoxy) is 2. The van der Waals surface area contributed by atoms with E-state index < -0.39 is 30.1 Å². The lowest BCUT2D eigenvalue weighted by atomic mass is 10.1.